The average Bonchev–Trinajstić information content (AvgIpc) is 3.07. The van der Waals surface area contributed by atoms with E-state index in [-0.39, 0.29) is 0 Å². The van der Waals surface area contributed by atoms with Crippen molar-refractivity contribution in [2.24, 2.45) is 0 Å². The molecular weight excluding hydrogens is 266 g/mol. The van der Waals surface area contributed by atoms with Crippen LogP contribution in [0.5, 0.6) is 0 Å². The highest BCUT2D eigenvalue weighted by Crippen LogP contribution is 2.24. The van der Waals surface area contributed by atoms with Crippen molar-refractivity contribution in [2.75, 3.05) is 7.05 Å². The van der Waals surface area contributed by atoms with Crippen molar-refractivity contribution in [3.8, 4) is 0 Å². The van der Waals surface area contributed by atoms with Gasteiger partial charge in [-0.2, -0.15) is 16.4 Å². The van der Waals surface area contributed by atoms with Gasteiger partial charge in [0.15, 0.2) is 0 Å². The molecule has 4 heteroatoms. The lowest BCUT2D eigenvalue weighted by atomic mass is 10.0. The highest BCUT2D eigenvalue weighted by molar-refractivity contribution is 7.08. The Hall–Kier alpha value is -1.13. The predicted octanol–water partition coefficient (Wildman–Crippen LogP) is 4.12. The minimum absolute atomic E-state index is 0.353. The fraction of sp³-hybridized carbons (Fsp3) is 0.562. The summed E-state index contributed by atoms with van der Waals surface area (Å²) in [4.78, 5) is 0. The highest BCUT2D eigenvalue weighted by atomic mass is 32.1. The van der Waals surface area contributed by atoms with Crippen molar-refractivity contribution in [1.29, 1.82) is 0 Å². The van der Waals surface area contributed by atoms with E-state index in [1.54, 1.807) is 11.3 Å². The van der Waals surface area contributed by atoms with Gasteiger partial charge in [-0.25, -0.2) is 0 Å². The van der Waals surface area contributed by atoms with E-state index in [2.05, 4.69) is 53.8 Å². The van der Waals surface area contributed by atoms with E-state index < -0.39 is 0 Å². The lowest BCUT2D eigenvalue weighted by Crippen LogP contribution is -2.19. The van der Waals surface area contributed by atoms with Gasteiger partial charge in [0.1, 0.15) is 0 Å². The molecule has 0 aliphatic carbocycles. The first-order valence-corrected chi connectivity index (χ1v) is 8.37. The maximum absolute atomic E-state index is 4.76. The first-order valence-electron chi connectivity index (χ1n) is 7.43. The number of aryl methyl sites for hydroxylation is 1. The van der Waals surface area contributed by atoms with Crippen LogP contribution in [0.25, 0.3) is 0 Å². The molecule has 110 valence electrons. The van der Waals surface area contributed by atoms with Gasteiger partial charge >= 0.3 is 0 Å². The monoisotopic (exact) mass is 291 g/mol. The molecule has 1 N–H and O–H groups in total. The van der Waals surface area contributed by atoms with Crippen LogP contribution in [0, 0.1) is 6.92 Å². The highest BCUT2D eigenvalue weighted by Gasteiger charge is 2.15. The summed E-state index contributed by atoms with van der Waals surface area (Å²) in [6.07, 6.45) is 5.34. The second-order valence-corrected chi connectivity index (χ2v) is 6.06. The lowest BCUT2D eigenvalue weighted by molar-refractivity contribution is 0.423. The molecule has 2 rings (SSSR count). The van der Waals surface area contributed by atoms with Gasteiger partial charge in [0.25, 0.3) is 0 Å². The molecule has 2 aromatic heterocycles. The Morgan fingerprint density at radius 3 is 2.60 bits per heavy atom. The summed E-state index contributed by atoms with van der Waals surface area (Å²) in [5, 5.41) is 12.6. The molecule has 2 heterocycles. The van der Waals surface area contributed by atoms with Gasteiger partial charge in [0.05, 0.1) is 11.7 Å². The quantitative estimate of drug-likeness (QED) is 0.831. The third-order valence-electron chi connectivity index (χ3n) is 4.01. The van der Waals surface area contributed by atoms with Crippen LogP contribution in [-0.2, 0) is 6.42 Å². The van der Waals surface area contributed by atoms with Gasteiger partial charge in [-0.15, -0.1) is 0 Å². The maximum Gasteiger partial charge on any atom is 0.0643 e. The van der Waals surface area contributed by atoms with E-state index in [0.29, 0.717) is 12.1 Å². The Morgan fingerprint density at radius 1 is 1.30 bits per heavy atom. The lowest BCUT2D eigenvalue weighted by Gasteiger charge is -2.16. The number of hydrogen-bond acceptors (Lipinski definition) is 3. The minimum atomic E-state index is 0.353. The summed E-state index contributed by atoms with van der Waals surface area (Å²) >= 11 is 1.77. The van der Waals surface area contributed by atoms with Crippen molar-refractivity contribution < 1.29 is 0 Å². The van der Waals surface area contributed by atoms with Crippen molar-refractivity contribution in [1.82, 2.24) is 15.1 Å². The fourth-order valence-corrected chi connectivity index (χ4v) is 3.56. The second kappa shape index (κ2) is 7.04. The third kappa shape index (κ3) is 3.30. The van der Waals surface area contributed by atoms with E-state index in [1.165, 1.54) is 16.8 Å². The number of aromatic nitrogens is 2. The van der Waals surface area contributed by atoms with Gasteiger partial charge in [-0.05, 0) is 54.8 Å². The zero-order valence-electron chi connectivity index (χ0n) is 12.9. The molecule has 0 spiro atoms. The van der Waals surface area contributed by atoms with E-state index in [4.69, 9.17) is 5.10 Å². The van der Waals surface area contributed by atoms with Gasteiger partial charge in [-0.1, -0.05) is 13.8 Å². The molecule has 1 atom stereocenters. The Bertz CT molecular complexity index is 525. The molecule has 0 bridgehead atoms. The SMILES string of the molecule is CCC(CC)n1ccc(CC(NC)c2cscc2C)n1. The zero-order chi connectivity index (χ0) is 14.5. The van der Waals surface area contributed by atoms with E-state index in [9.17, 15) is 0 Å². The van der Waals surface area contributed by atoms with Crippen LogP contribution in [0.2, 0.25) is 0 Å². The van der Waals surface area contributed by atoms with Gasteiger partial charge in [0, 0.05) is 18.7 Å². The normalized spacial score (nSPS) is 13.1. The van der Waals surface area contributed by atoms with Gasteiger partial charge < -0.3 is 5.32 Å². The maximum atomic E-state index is 4.76. The molecule has 0 aromatic carbocycles. The first kappa shape index (κ1) is 15.3. The van der Waals surface area contributed by atoms with Crippen LogP contribution in [0.1, 0.15) is 55.6 Å². The van der Waals surface area contributed by atoms with Crippen molar-refractivity contribution in [3.63, 3.8) is 0 Å². The molecule has 1 unspecified atom stereocenters. The van der Waals surface area contributed by atoms with E-state index in [0.717, 1.165) is 19.3 Å². The average molecular weight is 291 g/mol. The summed E-state index contributed by atoms with van der Waals surface area (Å²) in [7, 11) is 2.03. The minimum Gasteiger partial charge on any atom is -0.313 e. The molecule has 0 saturated heterocycles. The predicted molar refractivity (Wildman–Crippen MR) is 86.4 cm³/mol. The smallest absolute Gasteiger partial charge is 0.0643 e. The standard InChI is InChI=1S/C16H25N3S/c1-5-14(6-2)19-8-7-13(18-19)9-16(17-4)15-11-20-10-12(15)3/h7-8,10-11,14,16-17H,5-6,9H2,1-4H3. The number of nitrogens with zero attached hydrogens (tertiary/aromatic N) is 2. The number of nitrogens with one attached hydrogen (secondary N) is 1. The molecule has 0 saturated carbocycles. The molecule has 0 fully saturated rings. The van der Waals surface area contributed by atoms with Crippen molar-refractivity contribution in [2.45, 2.75) is 52.1 Å². The molecule has 2 aromatic rings. The summed E-state index contributed by atoms with van der Waals surface area (Å²) in [6.45, 7) is 6.63. The van der Waals surface area contributed by atoms with Gasteiger partial charge in [0.2, 0.25) is 0 Å². The number of hydrogen-bond donors (Lipinski definition) is 1. The molecule has 20 heavy (non-hydrogen) atoms. The first-order chi connectivity index (χ1) is 9.69. The van der Waals surface area contributed by atoms with Crippen LogP contribution in [-0.4, -0.2) is 16.8 Å². The molecule has 0 radical (unpaired) electrons. The summed E-state index contributed by atoms with van der Waals surface area (Å²) in [6, 6.07) is 3.04. The molecule has 0 aliphatic heterocycles. The van der Waals surface area contributed by atoms with Crippen molar-refractivity contribution >= 4 is 11.3 Å². The summed E-state index contributed by atoms with van der Waals surface area (Å²) in [5.41, 5.74) is 3.94. The Morgan fingerprint density at radius 2 is 2.05 bits per heavy atom. The van der Waals surface area contributed by atoms with Crippen LogP contribution in [0.4, 0.5) is 0 Å². The van der Waals surface area contributed by atoms with Gasteiger partial charge in [-0.3, -0.25) is 4.68 Å². The summed E-state index contributed by atoms with van der Waals surface area (Å²) < 4.78 is 2.13. The Balaban J connectivity index is 2.11. The van der Waals surface area contributed by atoms with Crippen LogP contribution >= 0.6 is 11.3 Å². The third-order valence-corrected chi connectivity index (χ3v) is 4.89. The Labute approximate surface area is 126 Å². The topological polar surface area (TPSA) is 29.9 Å². The van der Waals surface area contributed by atoms with Crippen LogP contribution in [0.3, 0.4) is 0 Å². The second-order valence-electron chi connectivity index (χ2n) is 5.31. The van der Waals surface area contributed by atoms with Crippen molar-refractivity contribution in [3.05, 3.63) is 39.8 Å². The Kier molecular flexibility index (Phi) is 5.38. The van der Waals surface area contributed by atoms with E-state index >= 15 is 0 Å². The number of thiophene rings is 1. The molecular formula is C16H25N3S. The molecule has 3 nitrogen and oxygen atoms in total. The number of rotatable bonds is 7. The van der Waals surface area contributed by atoms with Crippen LogP contribution < -0.4 is 5.32 Å². The number of likely N-dealkylation sites (N-methyl/N-ethyl adjacent to an activating group) is 1. The molecule has 0 amide bonds. The molecule has 0 aliphatic rings. The van der Waals surface area contributed by atoms with Crippen LogP contribution in [0.15, 0.2) is 23.0 Å². The summed E-state index contributed by atoms with van der Waals surface area (Å²) in [5.74, 6) is 0. The fourth-order valence-electron chi connectivity index (χ4n) is 2.66. The zero-order valence-corrected chi connectivity index (χ0v) is 13.7. The largest absolute Gasteiger partial charge is 0.313 e. The van der Waals surface area contributed by atoms with E-state index in [1.807, 2.05) is 7.05 Å².